The average molecular weight is 250 g/mol. The Labute approximate surface area is 104 Å². The van der Waals surface area contributed by atoms with E-state index in [1.165, 1.54) is 6.20 Å². The molecular formula is C12H12ClN3O. The van der Waals surface area contributed by atoms with Crippen molar-refractivity contribution in [1.82, 2.24) is 9.55 Å². The average Bonchev–Trinajstić information content (AvgIpc) is 2.84. The van der Waals surface area contributed by atoms with Crippen LogP contribution in [0.2, 0.25) is 0 Å². The van der Waals surface area contributed by atoms with Gasteiger partial charge in [0, 0.05) is 0 Å². The van der Waals surface area contributed by atoms with Crippen LogP contribution in [0.15, 0.2) is 18.9 Å². The molecule has 17 heavy (non-hydrogen) atoms. The van der Waals surface area contributed by atoms with E-state index in [4.69, 9.17) is 16.9 Å². The molecule has 0 aromatic carbocycles. The highest BCUT2D eigenvalue weighted by Crippen LogP contribution is 2.58. The molecule has 1 N–H and O–H groups in total. The van der Waals surface area contributed by atoms with Crippen LogP contribution in [0.5, 0.6) is 0 Å². The lowest BCUT2D eigenvalue weighted by atomic mass is 9.84. The third-order valence-electron chi connectivity index (χ3n) is 3.89. The zero-order chi connectivity index (χ0) is 12.3. The predicted molar refractivity (Wildman–Crippen MR) is 62.6 cm³/mol. The predicted octanol–water partition coefficient (Wildman–Crippen LogP) is 1.54. The van der Waals surface area contributed by atoms with Crippen LogP contribution in [0, 0.1) is 11.3 Å². The lowest BCUT2D eigenvalue weighted by Gasteiger charge is -2.32. The maximum Gasteiger partial charge on any atom is 0.140 e. The van der Waals surface area contributed by atoms with Gasteiger partial charge in [-0.15, -0.1) is 18.2 Å². The summed E-state index contributed by atoms with van der Waals surface area (Å²) in [7, 11) is 0. The molecule has 0 saturated heterocycles. The van der Waals surface area contributed by atoms with E-state index in [0.717, 1.165) is 12.8 Å². The number of hydrogen-bond donors (Lipinski definition) is 1. The van der Waals surface area contributed by atoms with Gasteiger partial charge in [-0.2, -0.15) is 5.26 Å². The summed E-state index contributed by atoms with van der Waals surface area (Å²) >= 11 is 6.39. The summed E-state index contributed by atoms with van der Waals surface area (Å²) in [4.78, 5) is 3.62. The van der Waals surface area contributed by atoms with Gasteiger partial charge in [-0.1, -0.05) is 6.08 Å². The van der Waals surface area contributed by atoms with Crippen molar-refractivity contribution in [3.8, 4) is 6.07 Å². The summed E-state index contributed by atoms with van der Waals surface area (Å²) in [6, 6.07) is 2.07. The van der Waals surface area contributed by atoms with E-state index in [0.29, 0.717) is 18.1 Å². The molecule has 2 aliphatic rings. The van der Waals surface area contributed by atoms with Crippen molar-refractivity contribution in [3.05, 3.63) is 30.4 Å². The van der Waals surface area contributed by atoms with Crippen LogP contribution in [-0.4, -0.2) is 25.1 Å². The maximum atomic E-state index is 10.8. The molecule has 5 heteroatoms. The fraction of sp³-hybridized carbons (Fsp3) is 0.500. The van der Waals surface area contributed by atoms with Crippen molar-refractivity contribution < 1.29 is 5.11 Å². The molecule has 0 amide bonds. The number of aliphatic hydroxyl groups is 1. The van der Waals surface area contributed by atoms with E-state index in [9.17, 15) is 5.11 Å². The van der Waals surface area contributed by atoms with Crippen molar-refractivity contribution in [2.24, 2.45) is 0 Å². The Hall–Kier alpha value is -1.31. The second-order valence-corrected chi connectivity index (χ2v) is 5.53. The standard InChI is InChI=1S/C12H12ClN3O/c1-2-9-10-15-6-8(5-14)16(10)7-12(9,17)11(13)3-4-11/h2,6,9,17H,1,3-4,7H2. The van der Waals surface area contributed by atoms with Crippen molar-refractivity contribution in [2.45, 2.75) is 35.8 Å². The first-order chi connectivity index (χ1) is 8.05. The summed E-state index contributed by atoms with van der Waals surface area (Å²) in [5.74, 6) is 0.385. The fourth-order valence-corrected chi connectivity index (χ4v) is 2.98. The van der Waals surface area contributed by atoms with Gasteiger partial charge in [-0.05, 0) is 12.8 Å². The van der Waals surface area contributed by atoms with E-state index in [1.807, 2.05) is 0 Å². The van der Waals surface area contributed by atoms with E-state index in [1.54, 1.807) is 10.6 Å². The molecule has 88 valence electrons. The number of nitriles is 1. The number of nitrogens with zero attached hydrogens (tertiary/aromatic N) is 3. The Kier molecular flexibility index (Phi) is 1.99. The zero-order valence-electron chi connectivity index (χ0n) is 9.23. The lowest BCUT2D eigenvalue weighted by Crippen LogP contribution is -2.45. The molecule has 1 aliphatic carbocycles. The Morgan fingerprint density at radius 2 is 2.41 bits per heavy atom. The number of rotatable bonds is 2. The summed E-state index contributed by atoms with van der Waals surface area (Å²) < 4.78 is 1.74. The first kappa shape index (κ1) is 10.8. The number of alkyl halides is 1. The minimum Gasteiger partial charge on any atom is -0.385 e. The van der Waals surface area contributed by atoms with Gasteiger partial charge in [-0.25, -0.2) is 4.98 Å². The smallest absolute Gasteiger partial charge is 0.140 e. The normalized spacial score (nSPS) is 32.9. The molecule has 2 unspecified atom stereocenters. The SMILES string of the molecule is C=CC1c2ncc(C#N)n2CC1(O)C1(Cl)CC1. The molecule has 1 aromatic rings. The maximum absolute atomic E-state index is 10.8. The molecule has 1 saturated carbocycles. The third-order valence-corrected chi connectivity index (χ3v) is 4.60. The Morgan fingerprint density at radius 1 is 1.71 bits per heavy atom. The van der Waals surface area contributed by atoms with Crippen LogP contribution < -0.4 is 0 Å². The minimum absolute atomic E-state index is 0.301. The van der Waals surface area contributed by atoms with Gasteiger partial charge in [0.05, 0.1) is 23.5 Å². The van der Waals surface area contributed by atoms with Gasteiger partial charge < -0.3 is 9.67 Å². The van der Waals surface area contributed by atoms with Crippen molar-refractivity contribution in [1.29, 1.82) is 5.26 Å². The molecular weight excluding hydrogens is 238 g/mol. The van der Waals surface area contributed by atoms with Crippen molar-refractivity contribution in [2.75, 3.05) is 0 Å². The van der Waals surface area contributed by atoms with Gasteiger partial charge in [0.2, 0.25) is 0 Å². The summed E-state index contributed by atoms with van der Waals surface area (Å²) in [5, 5.41) is 19.8. The Morgan fingerprint density at radius 3 is 2.94 bits per heavy atom. The van der Waals surface area contributed by atoms with Gasteiger partial charge >= 0.3 is 0 Å². The van der Waals surface area contributed by atoms with Crippen LogP contribution in [-0.2, 0) is 6.54 Å². The molecule has 1 aliphatic heterocycles. The van der Waals surface area contributed by atoms with Crippen LogP contribution >= 0.6 is 11.6 Å². The van der Waals surface area contributed by atoms with Crippen LogP contribution in [0.1, 0.15) is 30.3 Å². The second-order valence-electron chi connectivity index (χ2n) is 4.80. The van der Waals surface area contributed by atoms with Crippen LogP contribution in [0.25, 0.3) is 0 Å². The zero-order valence-corrected chi connectivity index (χ0v) is 9.98. The number of imidazole rings is 1. The van der Waals surface area contributed by atoms with Crippen molar-refractivity contribution in [3.63, 3.8) is 0 Å². The van der Waals surface area contributed by atoms with Crippen molar-refractivity contribution >= 4 is 11.6 Å². The molecule has 1 fully saturated rings. The number of fused-ring (bicyclic) bond motifs is 1. The first-order valence-electron chi connectivity index (χ1n) is 5.55. The number of halogens is 1. The van der Waals surface area contributed by atoms with E-state index >= 15 is 0 Å². The number of aromatic nitrogens is 2. The van der Waals surface area contributed by atoms with Crippen LogP contribution in [0.3, 0.4) is 0 Å². The third kappa shape index (κ3) is 1.18. The van der Waals surface area contributed by atoms with E-state index in [2.05, 4.69) is 17.6 Å². The molecule has 0 radical (unpaired) electrons. The highest BCUT2D eigenvalue weighted by atomic mass is 35.5. The molecule has 2 heterocycles. The molecule has 4 nitrogen and oxygen atoms in total. The Balaban J connectivity index is 2.11. The molecule has 2 atom stereocenters. The molecule has 3 rings (SSSR count). The molecule has 1 aromatic heterocycles. The second kappa shape index (κ2) is 3.12. The molecule has 0 bridgehead atoms. The van der Waals surface area contributed by atoms with Gasteiger partial charge in [0.25, 0.3) is 0 Å². The summed E-state index contributed by atoms with van der Waals surface area (Å²) in [6.07, 6.45) is 4.79. The fourth-order valence-electron chi connectivity index (χ4n) is 2.71. The van der Waals surface area contributed by atoms with Gasteiger partial charge in [0.15, 0.2) is 0 Å². The lowest BCUT2D eigenvalue weighted by molar-refractivity contribution is 0.0157. The van der Waals surface area contributed by atoms with Gasteiger partial charge in [-0.3, -0.25) is 0 Å². The highest BCUT2D eigenvalue weighted by Gasteiger charge is 2.64. The highest BCUT2D eigenvalue weighted by molar-refractivity contribution is 6.26. The summed E-state index contributed by atoms with van der Waals surface area (Å²) in [6.45, 7) is 4.08. The first-order valence-corrected chi connectivity index (χ1v) is 5.93. The Bertz CT molecular complexity index is 540. The van der Waals surface area contributed by atoms with Crippen LogP contribution in [0.4, 0.5) is 0 Å². The number of hydrogen-bond acceptors (Lipinski definition) is 3. The largest absolute Gasteiger partial charge is 0.385 e. The summed E-state index contributed by atoms with van der Waals surface area (Å²) in [5.41, 5.74) is -0.602. The van der Waals surface area contributed by atoms with E-state index in [-0.39, 0.29) is 5.92 Å². The topological polar surface area (TPSA) is 61.8 Å². The molecule has 0 spiro atoms. The quantitative estimate of drug-likeness (QED) is 0.639. The monoisotopic (exact) mass is 249 g/mol. The van der Waals surface area contributed by atoms with E-state index < -0.39 is 10.5 Å². The minimum atomic E-state index is -1.06. The van der Waals surface area contributed by atoms with Gasteiger partial charge in [0.1, 0.15) is 23.2 Å².